The minimum atomic E-state index is -0.935. The lowest BCUT2D eigenvalue weighted by Gasteiger charge is -2.25. The smallest absolute Gasteiger partial charge is 0.330 e. The molecule has 0 aromatic heterocycles. The molecule has 1 N–H and O–H groups in total. The number of esters is 1. The van der Waals surface area contributed by atoms with Crippen LogP contribution in [0.1, 0.15) is 39.0 Å². The van der Waals surface area contributed by atoms with Crippen LogP contribution in [0.4, 0.5) is 0 Å². The molecule has 0 aromatic carbocycles. The van der Waals surface area contributed by atoms with Gasteiger partial charge < -0.3 is 9.84 Å². The highest BCUT2D eigenvalue weighted by molar-refractivity contribution is 5.84. The van der Waals surface area contributed by atoms with E-state index in [0.29, 0.717) is 0 Å². The standard InChI is InChI=1S/C10H14O2.C4H6O2/c1-2-9(11)12-10-5-3-8(7-10)4-6-10;1-3(2)4(5)6/h2,8H,1,3-7H2;1H2,2H3,(H,5,6). The number of fused-ring (bicyclic) bond motifs is 2. The van der Waals surface area contributed by atoms with Crippen molar-refractivity contribution in [2.24, 2.45) is 5.92 Å². The zero-order valence-corrected chi connectivity index (χ0v) is 10.8. The molecular formula is C14H20O4. The Bertz CT molecular complexity index is 350. The molecule has 0 unspecified atom stereocenters. The Morgan fingerprint density at radius 3 is 2.17 bits per heavy atom. The monoisotopic (exact) mass is 252 g/mol. The number of carboxylic acid groups (broad SMARTS) is 1. The second-order valence-corrected chi connectivity index (χ2v) is 5.04. The Morgan fingerprint density at radius 1 is 1.39 bits per heavy atom. The summed E-state index contributed by atoms with van der Waals surface area (Å²) in [4.78, 5) is 20.6. The van der Waals surface area contributed by atoms with Crippen LogP contribution in [-0.2, 0) is 14.3 Å². The van der Waals surface area contributed by atoms with Gasteiger partial charge in [0.05, 0.1) is 0 Å². The van der Waals surface area contributed by atoms with Gasteiger partial charge in [-0.15, -0.1) is 0 Å². The van der Waals surface area contributed by atoms with Crippen LogP contribution < -0.4 is 0 Å². The van der Waals surface area contributed by atoms with Crippen molar-refractivity contribution >= 4 is 11.9 Å². The van der Waals surface area contributed by atoms with Crippen LogP contribution in [0.2, 0.25) is 0 Å². The van der Waals surface area contributed by atoms with Crippen LogP contribution in [-0.4, -0.2) is 22.6 Å². The summed E-state index contributed by atoms with van der Waals surface area (Å²) in [7, 11) is 0. The van der Waals surface area contributed by atoms with E-state index in [1.165, 1.54) is 25.8 Å². The second kappa shape index (κ2) is 5.85. The molecule has 0 aliphatic heterocycles. The molecule has 2 bridgehead atoms. The van der Waals surface area contributed by atoms with Gasteiger partial charge in [-0.25, -0.2) is 9.59 Å². The lowest BCUT2D eigenvalue weighted by molar-refractivity contribution is -0.152. The lowest BCUT2D eigenvalue weighted by atomic mass is 9.97. The third kappa shape index (κ3) is 3.72. The van der Waals surface area contributed by atoms with Gasteiger partial charge in [0.2, 0.25) is 0 Å². The maximum absolute atomic E-state index is 11.0. The molecule has 2 rings (SSSR count). The van der Waals surface area contributed by atoms with Crippen molar-refractivity contribution in [3.8, 4) is 0 Å². The summed E-state index contributed by atoms with van der Waals surface area (Å²) in [6.45, 7) is 8.01. The summed E-state index contributed by atoms with van der Waals surface area (Å²) in [5, 5.41) is 7.89. The number of hydrogen-bond acceptors (Lipinski definition) is 3. The fraction of sp³-hybridized carbons (Fsp3) is 0.571. The van der Waals surface area contributed by atoms with E-state index in [0.717, 1.165) is 25.2 Å². The van der Waals surface area contributed by atoms with E-state index in [1.54, 1.807) is 0 Å². The molecular weight excluding hydrogens is 232 g/mol. The molecule has 0 saturated heterocycles. The first kappa shape index (κ1) is 14.5. The average molecular weight is 252 g/mol. The molecule has 2 fully saturated rings. The average Bonchev–Trinajstić information content (AvgIpc) is 2.89. The van der Waals surface area contributed by atoms with E-state index < -0.39 is 5.97 Å². The molecule has 2 aliphatic carbocycles. The Morgan fingerprint density at radius 2 is 1.89 bits per heavy atom. The first-order valence-corrected chi connectivity index (χ1v) is 6.13. The van der Waals surface area contributed by atoms with Crippen molar-refractivity contribution in [1.82, 2.24) is 0 Å². The quantitative estimate of drug-likeness (QED) is 0.619. The van der Waals surface area contributed by atoms with Crippen molar-refractivity contribution in [3.05, 3.63) is 24.8 Å². The number of ether oxygens (including phenoxy) is 1. The van der Waals surface area contributed by atoms with Crippen LogP contribution in [0.15, 0.2) is 24.8 Å². The van der Waals surface area contributed by atoms with Gasteiger partial charge in [0.25, 0.3) is 0 Å². The highest BCUT2D eigenvalue weighted by Crippen LogP contribution is 2.49. The van der Waals surface area contributed by atoms with E-state index in [2.05, 4.69) is 13.2 Å². The van der Waals surface area contributed by atoms with Gasteiger partial charge in [-0.1, -0.05) is 13.2 Å². The van der Waals surface area contributed by atoms with Crippen LogP contribution >= 0.6 is 0 Å². The topological polar surface area (TPSA) is 63.6 Å². The Labute approximate surface area is 107 Å². The fourth-order valence-electron chi connectivity index (χ4n) is 2.54. The number of carbonyl (C=O) groups is 2. The van der Waals surface area contributed by atoms with Gasteiger partial charge in [0, 0.05) is 11.6 Å². The Kier molecular flexibility index (Phi) is 4.70. The van der Waals surface area contributed by atoms with E-state index in [-0.39, 0.29) is 17.1 Å². The van der Waals surface area contributed by atoms with E-state index in [1.807, 2.05) is 0 Å². The maximum atomic E-state index is 11.0. The van der Waals surface area contributed by atoms with Crippen molar-refractivity contribution in [2.45, 2.75) is 44.6 Å². The van der Waals surface area contributed by atoms with Crippen LogP contribution in [0.5, 0.6) is 0 Å². The second-order valence-electron chi connectivity index (χ2n) is 5.04. The number of hydrogen-bond donors (Lipinski definition) is 1. The molecule has 0 radical (unpaired) electrons. The number of carbonyl (C=O) groups excluding carboxylic acids is 1. The molecule has 0 heterocycles. The Hall–Kier alpha value is -1.58. The fourth-order valence-corrected chi connectivity index (χ4v) is 2.54. The van der Waals surface area contributed by atoms with Crippen molar-refractivity contribution < 1.29 is 19.4 Å². The molecule has 2 aliphatic rings. The van der Waals surface area contributed by atoms with E-state index >= 15 is 0 Å². The first-order valence-electron chi connectivity index (χ1n) is 6.13. The highest BCUT2D eigenvalue weighted by atomic mass is 16.6. The van der Waals surface area contributed by atoms with Crippen LogP contribution in [0.3, 0.4) is 0 Å². The van der Waals surface area contributed by atoms with Crippen LogP contribution in [0, 0.1) is 5.92 Å². The first-order chi connectivity index (χ1) is 8.38. The summed E-state index contributed by atoms with van der Waals surface area (Å²) in [5.41, 5.74) is 0.0886. The summed E-state index contributed by atoms with van der Waals surface area (Å²) >= 11 is 0. The molecule has 2 saturated carbocycles. The van der Waals surface area contributed by atoms with Crippen LogP contribution in [0.25, 0.3) is 0 Å². The van der Waals surface area contributed by atoms with Gasteiger partial charge in [-0.3, -0.25) is 0 Å². The third-order valence-corrected chi connectivity index (χ3v) is 3.53. The molecule has 4 nitrogen and oxygen atoms in total. The number of rotatable bonds is 3. The largest absolute Gasteiger partial charge is 0.478 e. The summed E-state index contributed by atoms with van der Waals surface area (Å²) in [6.07, 6.45) is 6.97. The van der Waals surface area contributed by atoms with Gasteiger partial charge in [0.15, 0.2) is 0 Å². The third-order valence-electron chi connectivity index (χ3n) is 3.53. The minimum Gasteiger partial charge on any atom is -0.478 e. The predicted octanol–water partition coefficient (Wildman–Crippen LogP) is 2.70. The Balaban J connectivity index is 0.000000232. The highest BCUT2D eigenvalue weighted by Gasteiger charge is 2.47. The zero-order chi connectivity index (χ0) is 13.8. The van der Waals surface area contributed by atoms with Gasteiger partial charge in [-0.2, -0.15) is 0 Å². The molecule has 4 heteroatoms. The minimum absolute atomic E-state index is 0.0874. The maximum Gasteiger partial charge on any atom is 0.330 e. The summed E-state index contributed by atoms with van der Waals surface area (Å²) in [6, 6.07) is 0. The van der Waals surface area contributed by atoms with Crippen molar-refractivity contribution in [3.63, 3.8) is 0 Å². The molecule has 100 valence electrons. The number of aliphatic carboxylic acids is 1. The molecule has 0 spiro atoms. The normalized spacial score (nSPS) is 27.9. The molecule has 0 amide bonds. The van der Waals surface area contributed by atoms with E-state index in [4.69, 9.17) is 9.84 Å². The zero-order valence-electron chi connectivity index (χ0n) is 10.8. The lowest BCUT2D eigenvalue weighted by Crippen LogP contribution is -2.29. The molecule has 18 heavy (non-hydrogen) atoms. The van der Waals surface area contributed by atoms with Gasteiger partial charge >= 0.3 is 11.9 Å². The van der Waals surface area contributed by atoms with Gasteiger partial charge in [-0.05, 0) is 44.9 Å². The van der Waals surface area contributed by atoms with E-state index in [9.17, 15) is 9.59 Å². The predicted molar refractivity (Wildman–Crippen MR) is 68.0 cm³/mol. The number of carboxylic acids is 1. The summed E-state index contributed by atoms with van der Waals surface area (Å²) in [5.74, 6) is -0.366. The summed E-state index contributed by atoms with van der Waals surface area (Å²) < 4.78 is 5.38. The van der Waals surface area contributed by atoms with Crippen molar-refractivity contribution in [1.29, 1.82) is 0 Å². The van der Waals surface area contributed by atoms with Gasteiger partial charge in [0.1, 0.15) is 5.60 Å². The van der Waals surface area contributed by atoms with Crippen molar-refractivity contribution in [2.75, 3.05) is 0 Å². The SMILES string of the molecule is C=C(C)C(=O)O.C=CC(=O)OC12CCC(CC1)C2. The molecule has 0 aromatic rings. The molecule has 0 atom stereocenters.